The Balaban J connectivity index is 1.26. The maximum atomic E-state index is 6.07. The molecule has 4 aliphatic heterocycles. The molecule has 4 unspecified atom stereocenters. The summed E-state index contributed by atoms with van der Waals surface area (Å²) < 4.78 is 6.07. The highest BCUT2D eigenvalue weighted by Gasteiger charge is 2.36. The second kappa shape index (κ2) is 5.91. The van der Waals surface area contributed by atoms with Gasteiger partial charge in [-0.3, -0.25) is 9.80 Å². The van der Waals surface area contributed by atoms with Gasteiger partial charge in [0, 0.05) is 37.8 Å². The Labute approximate surface area is 122 Å². The molecular formula is C16H29N3O. The maximum absolute atomic E-state index is 6.07. The Kier molecular flexibility index (Phi) is 3.99. The van der Waals surface area contributed by atoms with Gasteiger partial charge in [-0.15, -0.1) is 0 Å². The van der Waals surface area contributed by atoms with E-state index in [0.717, 1.165) is 37.8 Å². The molecule has 4 aliphatic rings. The summed E-state index contributed by atoms with van der Waals surface area (Å²) in [6, 6.07) is 2.26. The summed E-state index contributed by atoms with van der Waals surface area (Å²) in [5.74, 6) is 0. The van der Waals surface area contributed by atoms with E-state index >= 15 is 0 Å². The molecule has 1 N–H and O–H groups in total. The molecule has 0 aromatic rings. The van der Waals surface area contributed by atoms with E-state index in [2.05, 4.69) is 15.1 Å². The molecule has 4 saturated heterocycles. The first-order chi connectivity index (χ1) is 9.90. The summed E-state index contributed by atoms with van der Waals surface area (Å²) in [5, 5.41) is 3.84. The minimum absolute atomic E-state index is 0.419. The number of fused-ring (bicyclic) bond motifs is 2. The van der Waals surface area contributed by atoms with Crippen molar-refractivity contribution in [3.05, 3.63) is 0 Å². The number of nitrogens with zero attached hydrogens (tertiary/aromatic N) is 2. The topological polar surface area (TPSA) is 27.7 Å². The van der Waals surface area contributed by atoms with Crippen LogP contribution in [-0.4, -0.2) is 73.4 Å². The number of piperidine rings is 1. The van der Waals surface area contributed by atoms with Gasteiger partial charge in [0.25, 0.3) is 0 Å². The van der Waals surface area contributed by atoms with E-state index in [0.29, 0.717) is 6.10 Å². The van der Waals surface area contributed by atoms with Crippen LogP contribution in [-0.2, 0) is 4.74 Å². The van der Waals surface area contributed by atoms with Gasteiger partial charge in [-0.2, -0.15) is 0 Å². The molecule has 0 aliphatic carbocycles. The summed E-state index contributed by atoms with van der Waals surface area (Å²) in [7, 11) is 0. The highest BCUT2D eigenvalue weighted by molar-refractivity contribution is 4.95. The van der Waals surface area contributed by atoms with Gasteiger partial charge >= 0.3 is 0 Å². The number of ether oxygens (including phenoxy) is 1. The molecule has 20 heavy (non-hydrogen) atoms. The minimum atomic E-state index is 0.419. The van der Waals surface area contributed by atoms with Gasteiger partial charge in [0.2, 0.25) is 0 Å². The van der Waals surface area contributed by atoms with Gasteiger partial charge in [-0.05, 0) is 45.2 Å². The molecule has 0 bridgehead atoms. The third kappa shape index (κ3) is 2.63. The minimum Gasteiger partial charge on any atom is -0.374 e. The van der Waals surface area contributed by atoms with Crippen LogP contribution >= 0.6 is 0 Å². The predicted molar refractivity (Wildman–Crippen MR) is 80.0 cm³/mol. The molecule has 0 amide bonds. The molecule has 4 nitrogen and oxygen atoms in total. The third-order valence-electron chi connectivity index (χ3n) is 5.93. The number of hydrogen-bond donors (Lipinski definition) is 1. The van der Waals surface area contributed by atoms with Crippen molar-refractivity contribution in [3.63, 3.8) is 0 Å². The van der Waals surface area contributed by atoms with Crippen molar-refractivity contribution in [2.45, 2.75) is 62.8 Å². The summed E-state index contributed by atoms with van der Waals surface area (Å²) in [4.78, 5) is 5.36. The number of morpholine rings is 1. The van der Waals surface area contributed by atoms with Crippen LogP contribution in [0, 0.1) is 0 Å². The van der Waals surface area contributed by atoms with Crippen molar-refractivity contribution < 1.29 is 4.74 Å². The number of nitrogens with one attached hydrogen (secondary N) is 1. The first kappa shape index (κ1) is 13.5. The van der Waals surface area contributed by atoms with Crippen LogP contribution in [0.4, 0.5) is 0 Å². The molecule has 0 aromatic heterocycles. The molecule has 0 spiro atoms. The Bertz CT molecular complexity index is 338. The Morgan fingerprint density at radius 2 is 1.90 bits per heavy atom. The summed E-state index contributed by atoms with van der Waals surface area (Å²) in [6.45, 7) is 7.11. The zero-order valence-electron chi connectivity index (χ0n) is 12.6. The van der Waals surface area contributed by atoms with Crippen LogP contribution in [0.25, 0.3) is 0 Å². The molecule has 4 heterocycles. The van der Waals surface area contributed by atoms with E-state index in [1.165, 1.54) is 58.2 Å². The molecular weight excluding hydrogens is 250 g/mol. The first-order valence-electron chi connectivity index (χ1n) is 8.73. The van der Waals surface area contributed by atoms with E-state index in [1.54, 1.807) is 0 Å². The van der Waals surface area contributed by atoms with Gasteiger partial charge in [0.05, 0.1) is 12.7 Å². The summed E-state index contributed by atoms with van der Waals surface area (Å²) >= 11 is 0. The van der Waals surface area contributed by atoms with Crippen LogP contribution in [0.3, 0.4) is 0 Å². The lowest BCUT2D eigenvalue weighted by molar-refractivity contribution is -0.0482. The smallest absolute Gasteiger partial charge is 0.0827 e. The largest absolute Gasteiger partial charge is 0.374 e. The van der Waals surface area contributed by atoms with Crippen LogP contribution < -0.4 is 5.32 Å². The zero-order chi connectivity index (χ0) is 13.4. The van der Waals surface area contributed by atoms with Gasteiger partial charge in [0.1, 0.15) is 0 Å². The predicted octanol–water partition coefficient (Wildman–Crippen LogP) is 1.07. The third-order valence-corrected chi connectivity index (χ3v) is 5.93. The first-order valence-corrected chi connectivity index (χ1v) is 8.73. The van der Waals surface area contributed by atoms with Gasteiger partial charge < -0.3 is 10.1 Å². The summed E-state index contributed by atoms with van der Waals surface area (Å²) in [6.07, 6.45) is 8.71. The van der Waals surface area contributed by atoms with Gasteiger partial charge in [0.15, 0.2) is 0 Å². The molecule has 0 aromatic carbocycles. The van der Waals surface area contributed by atoms with Crippen molar-refractivity contribution in [1.29, 1.82) is 0 Å². The van der Waals surface area contributed by atoms with Gasteiger partial charge in [-0.1, -0.05) is 6.42 Å². The molecule has 4 fully saturated rings. The zero-order valence-corrected chi connectivity index (χ0v) is 12.6. The molecule has 4 heteroatoms. The molecule has 4 rings (SSSR count). The monoisotopic (exact) mass is 279 g/mol. The number of hydrogen-bond acceptors (Lipinski definition) is 4. The Morgan fingerprint density at radius 3 is 2.90 bits per heavy atom. The van der Waals surface area contributed by atoms with Crippen molar-refractivity contribution in [3.8, 4) is 0 Å². The Morgan fingerprint density at radius 1 is 0.950 bits per heavy atom. The fourth-order valence-corrected chi connectivity index (χ4v) is 4.78. The average Bonchev–Trinajstić information content (AvgIpc) is 3.11. The van der Waals surface area contributed by atoms with E-state index in [9.17, 15) is 0 Å². The van der Waals surface area contributed by atoms with Gasteiger partial charge in [-0.25, -0.2) is 0 Å². The van der Waals surface area contributed by atoms with Crippen molar-refractivity contribution in [1.82, 2.24) is 15.1 Å². The van der Waals surface area contributed by atoms with E-state index < -0.39 is 0 Å². The normalized spacial score (nSPS) is 42.6. The van der Waals surface area contributed by atoms with E-state index in [4.69, 9.17) is 4.74 Å². The fourth-order valence-electron chi connectivity index (χ4n) is 4.78. The summed E-state index contributed by atoms with van der Waals surface area (Å²) in [5.41, 5.74) is 0. The molecule has 114 valence electrons. The average molecular weight is 279 g/mol. The Hall–Kier alpha value is -0.160. The SMILES string of the molecule is C1CCN2CCC(NCC3CN4CCCC4CO3)C2C1. The lowest BCUT2D eigenvalue weighted by Gasteiger charge is -2.37. The van der Waals surface area contributed by atoms with Crippen molar-refractivity contribution >= 4 is 0 Å². The van der Waals surface area contributed by atoms with E-state index in [-0.39, 0.29) is 0 Å². The van der Waals surface area contributed by atoms with Crippen LogP contribution in [0.15, 0.2) is 0 Å². The standard InChI is InChI=1S/C16H29N3O/c1-2-7-18-9-6-15(16(18)5-1)17-10-14-11-19-8-3-4-13(19)12-20-14/h13-17H,1-12H2. The van der Waals surface area contributed by atoms with Crippen LogP contribution in [0.1, 0.15) is 38.5 Å². The highest BCUT2D eigenvalue weighted by Crippen LogP contribution is 2.27. The highest BCUT2D eigenvalue weighted by atomic mass is 16.5. The second-order valence-corrected chi connectivity index (χ2v) is 7.15. The van der Waals surface area contributed by atoms with E-state index in [1.807, 2.05) is 0 Å². The van der Waals surface area contributed by atoms with Crippen molar-refractivity contribution in [2.75, 3.05) is 39.3 Å². The number of rotatable bonds is 3. The molecule has 0 radical (unpaired) electrons. The maximum Gasteiger partial charge on any atom is 0.0827 e. The van der Waals surface area contributed by atoms with Crippen molar-refractivity contribution in [2.24, 2.45) is 0 Å². The lowest BCUT2D eigenvalue weighted by atomic mass is 9.99. The molecule has 0 saturated carbocycles. The quantitative estimate of drug-likeness (QED) is 0.836. The fraction of sp³-hybridized carbons (Fsp3) is 1.00. The lowest BCUT2D eigenvalue weighted by Crippen LogP contribution is -2.52. The second-order valence-electron chi connectivity index (χ2n) is 7.15. The van der Waals surface area contributed by atoms with Crippen LogP contribution in [0.5, 0.6) is 0 Å². The molecule has 4 atom stereocenters. The van der Waals surface area contributed by atoms with Crippen LogP contribution in [0.2, 0.25) is 0 Å².